The van der Waals surface area contributed by atoms with E-state index in [9.17, 15) is 0 Å². The van der Waals surface area contributed by atoms with Gasteiger partial charge in [-0.25, -0.2) is 0 Å². The molecule has 5 nitrogen and oxygen atoms in total. The maximum atomic E-state index is 8.77. The van der Waals surface area contributed by atoms with Gasteiger partial charge in [-0.2, -0.15) is 0 Å². The summed E-state index contributed by atoms with van der Waals surface area (Å²) >= 11 is 0. The number of nitrogens with one attached hydrogen (secondary N) is 1. The number of aryl methyl sites for hydroxylation is 1. The topological polar surface area (TPSA) is 83.5 Å². The van der Waals surface area contributed by atoms with Crippen LogP contribution in [0, 0.1) is 6.92 Å². The highest BCUT2D eigenvalue weighted by Gasteiger charge is 2.07. The predicted molar refractivity (Wildman–Crippen MR) is 83.3 cm³/mol. The van der Waals surface area contributed by atoms with Crippen molar-refractivity contribution in [3.8, 4) is 0 Å². The fraction of sp³-hybridized carbons (Fsp3) is 0.250. The summed E-state index contributed by atoms with van der Waals surface area (Å²) in [5, 5.41) is 15.1. The van der Waals surface area contributed by atoms with Gasteiger partial charge in [0.15, 0.2) is 5.84 Å². The van der Waals surface area contributed by atoms with E-state index in [2.05, 4.69) is 40.6 Å². The van der Waals surface area contributed by atoms with Gasteiger partial charge >= 0.3 is 0 Å². The quantitative estimate of drug-likeness (QED) is 0.248. The van der Waals surface area contributed by atoms with E-state index < -0.39 is 0 Å². The van der Waals surface area contributed by atoms with Gasteiger partial charge in [-0.05, 0) is 42.6 Å². The van der Waals surface area contributed by atoms with Crippen LogP contribution in [0.4, 0.5) is 0 Å². The average Bonchev–Trinajstić information content (AvgIpc) is 2.52. The fourth-order valence-corrected chi connectivity index (χ4v) is 2.20. The maximum absolute atomic E-state index is 8.77. The molecule has 0 saturated heterocycles. The molecule has 4 N–H and O–H groups in total. The van der Waals surface area contributed by atoms with E-state index >= 15 is 0 Å². The molecule has 2 aromatic rings. The predicted octanol–water partition coefficient (Wildman–Crippen LogP) is 1.82. The lowest BCUT2D eigenvalue weighted by molar-refractivity contribution is 0.318. The van der Waals surface area contributed by atoms with Crippen LogP contribution < -0.4 is 11.1 Å². The summed E-state index contributed by atoms with van der Waals surface area (Å²) in [6.45, 7) is 3.60. The van der Waals surface area contributed by atoms with Crippen LogP contribution in [0.25, 0.3) is 0 Å². The van der Waals surface area contributed by atoms with Crippen molar-refractivity contribution >= 4 is 5.84 Å². The number of pyridine rings is 1. The van der Waals surface area contributed by atoms with Crippen LogP contribution in [0.1, 0.15) is 22.4 Å². The summed E-state index contributed by atoms with van der Waals surface area (Å²) in [4.78, 5) is 4.14. The first-order chi connectivity index (χ1) is 10.2. The van der Waals surface area contributed by atoms with Crippen LogP contribution in [0.5, 0.6) is 0 Å². The Labute approximate surface area is 124 Å². The normalized spacial score (nSPS) is 11.6. The van der Waals surface area contributed by atoms with Crippen molar-refractivity contribution in [3.05, 3.63) is 65.0 Å². The monoisotopic (exact) mass is 284 g/mol. The van der Waals surface area contributed by atoms with Crippen LogP contribution >= 0.6 is 0 Å². The highest BCUT2D eigenvalue weighted by Crippen LogP contribution is 2.08. The minimum atomic E-state index is 0.0336. The Morgan fingerprint density at radius 3 is 2.76 bits per heavy atom. The van der Waals surface area contributed by atoms with Gasteiger partial charge in [0.1, 0.15) is 5.69 Å². The average molecular weight is 284 g/mol. The Bertz CT molecular complexity index is 625. The summed E-state index contributed by atoms with van der Waals surface area (Å²) in [6, 6.07) is 12.1. The number of rotatable bonds is 6. The molecule has 0 saturated carbocycles. The molecular formula is C16H20N4O. The first kappa shape index (κ1) is 15.0. The van der Waals surface area contributed by atoms with Gasteiger partial charge in [0.25, 0.3) is 0 Å². The number of nitrogens with zero attached hydrogens (tertiary/aromatic N) is 2. The van der Waals surface area contributed by atoms with Crippen LogP contribution in [0.15, 0.2) is 47.8 Å². The molecule has 0 spiro atoms. The zero-order valence-corrected chi connectivity index (χ0v) is 12.1. The van der Waals surface area contributed by atoms with Crippen LogP contribution in [0.2, 0.25) is 0 Å². The van der Waals surface area contributed by atoms with Gasteiger partial charge in [0.05, 0.1) is 0 Å². The molecule has 0 bridgehead atoms. The number of oxime groups is 1. The molecule has 1 aromatic carbocycles. The summed E-state index contributed by atoms with van der Waals surface area (Å²) < 4.78 is 0. The highest BCUT2D eigenvalue weighted by molar-refractivity contribution is 5.96. The second kappa shape index (κ2) is 7.40. The Kier molecular flexibility index (Phi) is 5.29. The highest BCUT2D eigenvalue weighted by atomic mass is 16.4. The number of aromatic nitrogens is 1. The number of nitrogens with two attached hydrogens (primary N) is 1. The van der Waals surface area contributed by atoms with Crippen LogP contribution in [0.3, 0.4) is 0 Å². The summed E-state index contributed by atoms with van der Waals surface area (Å²) in [5.41, 5.74) is 9.70. The molecule has 2 rings (SSSR count). The second-order valence-corrected chi connectivity index (χ2v) is 4.85. The lowest BCUT2D eigenvalue weighted by Crippen LogP contribution is -2.22. The van der Waals surface area contributed by atoms with E-state index in [1.807, 2.05) is 18.2 Å². The Morgan fingerprint density at radius 1 is 1.24 bits per heavy atom. The third kappa shape index (κ3) is 4.03. The molecule has 0 aliphatic carbocycles. The lowest BCUT2D eigenvalue weighted by atomic mass is 10.1. The maximum Gasteiger partial charge on any atom is 0.189 e. The largest absolute Gasteiger partial charge is 0.409 e. The summed E-state index contributed by atoms with van der Waals surface area (Å²) in [5.74, 6) is 0.0336. The van der Waals surface area contributed by atoms with Crippen molar-refractivity contribution in [1.29, 1.82) is 0 Å². The molecule has 0 aliphatic rings. The SMILES string of the molecule is Cc1ccccc1CCNCc1cccnc1C(N)=NO. The molecule has 0 radical (unpaired) electrons. The summed E-state index contributed by atoms with van der Waals surface area (Å²) in [7, 11) is 0. The van der Waals surface area contributed by atoms with E-state index in [1.54, 1.807) is 6.20 Å². The smallest absolute Gasteiger partial charge is 0.189 e. The number of hydrogen-bond acceptors (Lipinski definition) is 4. The number of hydrogen-bond donors (Lipinski definition) is 3. The van der Waals surface area contributed by atoms with E-state index in [0.717, 1.165) is 18.5 Å². The molecule has 1 heterocycles. The van der Waals surface area contributed by atoms with E-state index in [0.29, 0.717) is 12.2 Å². The molecule has 110 valence electrons. The standard InChI is InChI=1S/C16H20N4O/c1-12-5-2-3-6-13(12)8-10-18-11-14-7-4-9-19-15(14)16(17)20-21/h2-7,9,18,21H,8,10-11H2,1H3,(H2,17,20). The molecule has 0 atom stereocenters. The fourth-order valence-electron chi connectivity index (χ4n) is 2.20. The van der Waals surface area contributed by atoms with Gasteiger partial charge < -0.3 is 16.3 Å². The van der Waals surface area contributed by atoms with Crippen LogP contribution in [-0.4, -0.2) is 22.6 Å². The first-order valence-electron chi connectivity index (χ1n) is 6.89. The molecule has 0 unspecified atom stereocenters. The van der Waals surface area contributed by atoms with Crippen molar-refractivity contribution in [2.45, 2.75) is 19.9 Å². The van der Waals surface area contributed by atoms with Crippen molar-refractivity contribution in [2.24, 2.45) is 10.9 Å². The van der Waals surface area contributed by atoms with Gasteiger partial charge in [0.2, 0.25) is 0 Å². The third-order valence-corrected chi connectivity index (χ3v) is 3.39. The minimum Gasteiger partial charge on any atom is -0.409 e. The number of amidine groups is 1. The molecule has 0 amide bonds. The van der Waals surface area contributed by atoms with E-state index in [1.165, 1.54) is 11.1 Å². The number of benzene rings is 1. The van der Waals surface area contributed by atoms with Gasteiger partial charge in [0, 0.05) is 12.7 Å². The van der Waals surface area contributed by atoms with E-state index in [-0.39, 0.29) is 5.84 Å². The molecule has 21 heavy (non-hydrogen) atoms. The van der Waals surface area contributed by atoms with Gasteiger partial charge in [-0.1, -0.05) is 35.5 Å². The van der Waals surface area contributed by atoms with Crippen molar-refractivity contribution < 1.29 is 5.21 Å². The minimum absolute atomic E-state index is 0.0336. The van der Waals surface area contributed by atoms with Crippen LogP contribution in [-0.2, 0) is 13.0 Å². The molecular weight excluding hydrogens is 264 g/mol. The summed E-state index contributed by atoms with van der Waals surface area (Å²) in [6.07, 6.45) is 2.59. The van der Waals surface area contributed by atoms with Crippen molar-refractivity contribution in [1.82, 2.24) is 10.3 Å². The molecule has 0 aliphatic heterocycles. The van der Waals surface area contributed by atoms with Crippen molar-refractivity contribution in [3.63, 3.8) is 0 Å². The first-order valence-corrected chi connectivity index (χ1v) is 6.89. The third-order valence-electron chi connectivity index (χ3n) is 3.39. The second-order valence-electron chi connectivity index (χ2n) is 4.85. The zero-order chi connectivity index (χ0) is 15.1. The van der Waals surface area contributed by atoms with Crippen molar-refractivity contribution in [2.75, 3.05) is 6.54 Å². The Hall–Kier alpha value is -2.40. The molecule has 0 fully saturated rings. The van der Waals surface area contributed by atoms with Gasteiger partial charge in [-0.15, -0.1) is 0 Å². The lowest BCUT2D eigenvalue weighted by Gasteiger charge is -2.09. The Morgan fingerprint density at radius 2 is 2.00 bits per heavy atom. The molecule has 5 heteroatoms. The molecule has 1 aromatic heterocycles. The van der Waals surface area contributed by atoms with E-state index in [4.69, 9.17) is 10.9 Å². The van der Waals surface area contributed by atoms with Gasteiger partial charge in [-0.3, -0.25) is 4.98 Å². The Balaban J connectivity index is 1.91. The zero-order valence-electron chi connectivity index (χ0n) is 12.1.